The second kappa shape index (κ2) is 7.60. The van der Waals surface area contributed by atoms with Gasteiger partial charge in [0.1, 0.15) is 5.15 Å². The molecule has 3 fully saturated rings. The first-order chi connectivity index (χ1) is 13.1. The molecule has 2 aromatic rings. The Balaban J connectivity index is 1.53. The molecule has 0 radical (unpaired) electrons. The fourth-order valence-electron chi connectivity index (χ4n) is 4.46. The fraction of sp³-hybridized carbons (Fsp3) is 0.550. The Labute approximate surface area is 165 Å². The highest BCUT2D eigenvalue weighted by atomic mass is 35.5. The van der Waals surface area contributed by atoms with E-state index < -0.39 is 0 Å². The molecule has 7 heteroatoms. The summed E-state index contributed by atoms with van der Waals surface area (Å²) in [5.41, 5.74) is 2.94. The predicted octanol–water partition coefficient (Wildman–Crippen LogP) is 2.77. The third-order valence-electron chi connectivity index (χ3n) is 5.89. The van der Waals surface area contributed by atoms with Crippen LogP contribution in [0, 0.1) is 5.92 Å². The molecule has 3 aliphatic rings. The van der Waals surface area contributed by atoms with E-state index in [0.717, 1.165) is 61.0 Å². The normalized spacial score (nSPS) is 22.9. The number of pyridine rings is 1. The van der Waals surface area contributed by atoms with Crippen LogP contribution in [0.25, 0.3) is 0 Å². The highest BCUT2D eigenvalue weighted by Crippen LogP contribution is 2.32. The minimum atomic E-state index is 0.116. The maximum Gasteiger partial charge on any atom is 0.254 e. The number of nitrogens with zero attached hydrogens (tertiary/aromatic N) is 5. The van der Waals surface area contributed by atoms with Crippen LogP contribution in [0.1, 0.15) is 41.4 Å². The summed E-state index contributed by atoms with van der Waals surface area (Å²) in [5, 5.41) is 5.28. The van der Waals surface area contributed by atoms with Crippen LogP contribution in [0.15, 0.2) is 24.5 Å². The Morgan fingerprint density at radius 3 is 2.74 bits per heavy atom. The SMILES string of the molecule is CCc1nn(C)c(Cl)c1CN1CC2CCC1CN(C(=O)c1ccncc1)C2. The third kappa shape index (κ3) is 3.60. The van der Waals surface area contributed by atoms with Gasteiger partial charge in [0.05, 0.1) is 5.69 Å². The molecule has 0 aromatic carbocycles. The van der Waals surface area contributed by atoms with E-state index in [9.17, 15) is 4.79 Å². The number of rotatable bonds is 4. The summed E-state index contributed by atoms with van der Waals surface area (Å²) >= 11 is 6.52. The monoisotopic (exact) mass is 387 g/mol. The van der Waals surface area contributed by atoms with Gasteiger partial charge in [-0.15, -0.1) is 0 Å². The van der Waals surface area contributed by atoms with Crippen molar-refractivity contribution in [3.63, 3.8) is 0 Å². The maximum absolute atomic E-state index is 12.9. The molecule has 144 valence electrons. The molecule has 0 saturated carbocycles. The molecule has 2 atom stereocenters. The van der Waals surface area contributed by atoms with Crippen LogP contribution >= 0.6 is 11.6 Å². The summed E-state index contributed by atoms with van der Waals surface area (Å²) in [4.78, 5) is 21.5. The first-order valence-electron chi connectivity index (χ1n) is 9.70. The molecular weight excluding hydrogens is 362 g/mol. The maximum atomic E-state index is 12.9. The van der Waals surface area contributed by atoms with Crippen LogP contribution in [0.4, 0.5) is 0 Å². The lowest BCUT2D eigenvalue weighted by atomic mass is 9.94. The molecule has 2 bridgehead atoms. The third-order valence-corrected chi connectivity index (χ3v) is 6.36. The molecule has 6 nitrogen and oxygen atoms in total. The average Bonchev–Trinajstić information content (AvgIpc) is 2.88. The van der Waals surface area contributed by atoms with Gasteiger partial charge < -0.3 is 4.90 Å². The number of hydrogen-bond acceptors (Lipinski definition) is 4. The van der Waals surface area contributed by atoms with E-state index in [1.807, 2.05) is 11.9 Å². The number of carbonyl (C=O) groups is 1. The number of halogens is 1. The zero-order valence-corrected chi connectivity index (χ0v) is 16.7. The highest BCUT2D eigenvalue weighted by molar-refractivity contribution is 6.30. The van der Waals surface area contributed by atoms with Gasteiger partial charge in [0, 0.05) is 62.8 Å². The summed E-state index contributed by atoms with van der Waals surface area (Å²) < 4.78 is 1.77. The molecule has 0 N–H and O–H groups in total. The van der Waals surface area contributed by atoms with Gasteiger partial charge in [0.15, 0.2) is 0 Å². The van der Waals surface area contributed by atoms with Crippen molar-refractivity contribution in [2.75, 3.05) is 19.6 Å². The Morgan fingerprint density at radius 2 is 2.00 bits per heavy atom. The van der Waals surface area contributed by atoms with Crippen molar-refractivity contribution in [2.45, 2.75) is 38.8 Å². The fourth-order valence-corrected chi connectivity index (χ4v) is 4.67. The molecule has 1 amide bonds. The molecule has 5 rings (SSSR count). The van der Waals surface area contributed by atoms with E-state index in [1.165, 1.54) is 6.42 Å². The van der Waals surface area contributed by atoms with E-state index in [2.05, 4.69) is 21.9 Å². The number of carbonyl (C=O) groups excluding carboxylic acids is 1. The zero-order valence-electron chi connectivity index (χ0n) is 15.9. The molecule has 0 spiro atoms. The summed E-state index contributed by atoms with van der Waals surface area (Å²) in [5.74, 6) is 0.625. The van der Waals surface area contributed by atoms with Crippen molar-refractivity contribution >= 4 is 17.5 Å². The molecule has 2 aromatic heterocycles. The van der Waals surface area contributed by atoms with Crippen LogP contribution < -0.4 is 0 Å². The predicted molar refractivity (Wildman–Crippen MR) is 105 cm³/mol. The van der Waals surface area contributed by atoms with Crippen LogP contribution in [0.3, 0.4) is 0 Å². The van der Waals surface area contributed by atoms with E-state index in [4.69, 9.17) is 11.6 Å². The molecule has 5 heterocycles. The second-order valence-electron chi connectivity index (χ2n) is 7.67. The van der Waals surface area contributed by atoms with Gasteiger partial charge in [0.2, 0.25) is 0 Å². The van der Waals surface area contributed by atoms with Gasteiger partial charge >= 0.3 is 0 Å². The largest absolute Gasteiger partial charge is 0.337 e. The lowest BCUT2D eigenvalue weighted by molar-refractivity contribution is 0.0735. The smallest absolute Gasteiger partial charge is 0.254 e. The van der Waals surface area contributed by atoms with Crippen molar-refractivity contribution in [3.8, 4) is 0 Å². The standard InChI is InChI=1S/C20H26ClN5O/c1-3-18-17(19(21)24(2)23-18)13-25-10-14-4-5-16(25)12-26(11-14)20(27)15-6-8-22-9-7-15/h6-9,14,16H,3-5,10-13H2,1-2H3. The van der Waals surface area contributed by atoms with Crippen LogP contribution in [-0.4, -0.2) is 56.1 Å². The lowest BCUT2D eigenvalue weighted by Crippen LogP contribution is -2.44. The summed E-state index contributed by atoms with van der Waals surface area (Å²) in [6.07, 6.45) is 6.56. The van der Waals surface area contributed by atoms with Crippen LogP contribution in [-0.2, 0) is 20.0 Å². The number of fused-ring (bicyclic) bond motifs is 4. The van der Waals surface area contributed by atoms with E-state index in [0.29, 0.717) is 12.0 Å². The Kier molecular flexibility index (Phi) is 5.19. The van der Waals surface area contributed by atoms with Crippen molar-refractivity contribution in [1.82, 2.24) is 24.6 Å². The second-order valence-corrected chi connectivity index (χ2v) is 8.02. The zero-order chi connectivity index (χ0) is 19.0. The highest BCUT2D eigenvalue weighted by Gasteiger charge is 2.37. The van der Waals surface area contributed by atoms with Crippen LogP contribution in [0.5, 0.6) is 0 Å². The van der Waals surface area contributed by atoms with Gasteiger partial charge in [-0.3, -0.25) is 19.4 Å². The first kappa shape index (κ1) is 18.4. The topological polar surface area (TPSA) is 54.3 Å². The minimum absolute atomic E-state index is 0.116. The Hall–Kier alpha value is -1.92. The van der Waals surface area contributed by atoms with Crippen molar-refractivity contribution < 1.29 is 4.79 Å². The number of aromatic nitrogens is 3. The van der Waals surface area contributed by atoms with Crippen LogP contribution in [0.2, 0.25) is 5.15 Å². The number of aryl methyl sites for hydroxylation is 2. The van der Waals surface area contributed by atoms with Crippen molar-refractivity contribution in [1.29, 1.82) is 0 Å². The van der Waals surface area contributed by atoms with E-state index in [1.54, 1.807) is 29.2 Å². The summed E-state index contributed by atoms with van der Waals surface area (Å²) in [6, 6.07) is 3.97. The average molecular weight is 388 g/mol. The van der Waals surface area contributed by atoms with Gasteiger partial charge in [-0.2, -0.15) is 5.10 Å². The molecule has 3 saturated heterocycles. The van der Waals surface area contributed by atoms with Gasteiger partial charge in [-0.05, 0) is 37.3 Å². The quantitative estimate of drug-likeness (QED) is 0.809. The molecule has 27 heavy (non-hydrogen) atoms. The van der Waals surface area contributed by atoms with Gasteiger partial charge in [-0.25, -0.2) is 0 Å². The number of hydrogen-bond donors (Lipinski definition) is 0. The summed E-state index contributed by atoms with van der Waals surface area (Å²) in [7, 11) is 1.90. The molecule has 3 aliphatic heterocycles. The number of piperidine rings is 1. The van der Waals surface area contributed by atoms with Crippen molar-refractivity contribution in [2.24, 2.45) is 13.0 Å². The molecule has 2 unspecified atom stereocenters. The first-order valence-corrected chi connectivity index (χ1v) is 10.1. The van der Waals surface area contributed by atoms with E-state index in [-0.39, 0.29) is 5.91 Å². The van der Waals surface area contributed by atoms with Gasteiger partial charge in [0.25, 0.3) is 5.91 Å². The minimum Gasteiger partial charge on any atom is -0.337 e. The Morgan fingerprint density at radius 1 is 1.22 bits per heavy atom. The van der Waals surface area contributed by atoms with Gasteiger partial charge in [-0.1, -0.05) is 18.5 Å². The summed E-state index contributed by atoms with van der Waals surface area (Å²) in [6.45, 7) is 5.55. The molecular formula is C20H26ClN5O. The van der Waals surface area contributed by atoms with Crippen molar-refractivity contribution in [3.05, 3.63) is 46.5 Å². The Bertz CT molecular complexity index is 821. The lowest BCUT2D eigenvalue weighted by Gasteiger charge is -2.36. The van der Waals surface area contributed by atoms with E-state index >= 15 is 0 Å². The molecule has 0 aliphatic carbocycles. The number of amides is 1.